The molecule has 2 heterocycles. The highest BCUT2D eigenvalue weighted by molar-refractivity contribution is 5.95. The SMILES string of the molecule is CCCCCC(C)(C)c1cc(-c2cccc(O)c2-c2cc(C(C)(C)CCCCC)c3nn[nH]c3c2)cc2[nH]nnc12. The molecule has 0 spiro atoms. The summed E-state index contributed by atoms with van der Waals surface area (Å²) in [6, 6.07) is 14.4. The maximum Gasteiger partial charge on any atom is 0.124 e. The zero-order valence-corrected chi connectivity index (χ0v) is 25.4. The standard InChI is InChI=1S/C34H44N6O/c1-7-9-11-16-33(3,4)25-18-22(20-27-31(25)37-39-35-27)24-14-13-15-29(41)30(24)23-19-26(32-28(21-23)36-40-38-32)34(5,6)17-12-10-8-2/h13-15,18-21,41H,7-12,16-17H2,1-6H3,(H,35,37,39)(H,36,38,40). The molecular weight excluding hydrogens is 508 g/mol. The molecule has 0 atom stereocenters. The molecule has 2 aromatic heterocycles. The Bertz CT molecular complexity index is 1640. The summed E-state index contributed by atoms with van der Waals surface area (Å²) in [6.45, 7) is 13.6. The molecule has 7 heteroatoms. The van der Waals surface area contributed by atoms with E-state index in [4.69, 9.17) is 0 Å². The third-order valence-corrected chi connectivity index (χ3v) is 8.77. The number of aromatic hydroxyl groups is 1. The van der Waals surface area contributed by atoms with Gasteiger partial charge >= 0.3 is 0 Å². The summed E-state index contributed by atoms with van der Waals surface area (Å²) >= 11 is 0. The quantitative estimate of drug-likeness (QED) is 0.134. The molecule has 0 aliphatic carbocycles. The van der Waals surface area contributed by atoms with Crippen LogP contribution in [0.15, 0.2) is 42.5 Å². The van der Waals surface area contributed by atoms with E-state index in [1.165, 1.54) is 37.7 Å². The van der Waals surface area contributed by atoms with Crippen LogP contribution < -0.4 is 0 Å². The van der Waals surface area contributed by atoms with Crippen molar-refractivity contribution >= 4 is 22.1 Å². The Hall–Kier alpha value is -3.74. The Morgan fingerprint density at radius 2 is 1.20 bits per heavy atom. The van der Waals surface area contributed by atoms with E-state index in [9.17, 15) is 5.11 Å². The van der Waals surface area contributed by atoms with Gasteiger partial charge in [0.2, 0.25) is 0 Å². The minimum Gasteiger partial charge on any atom is -0.507 e. The third-order valence-electron chi connectivity index (χ3n) is 8.77. The number of rotatable bonds is 12. The number of fused-ring (bicyclic) bond motifs is 2. The second-order valence-corrected chi connectivity index (χ2v) is 12.8. The smallest absolute Gasteiger partial charge is 0.124 e. The molecule has 5 rings (SSSR count). The lowest BCUT2D eigenvalue weighted by Gasteiger charge is -2.27. The van der Waals surface area contributed by atoms with Gasteiger partial charge in [-0.3, -0.25) is 10.2 Å². The summed E-state index contributed by atoms with van der Waals surface area (Å²) in [4.78, 5) is 0. The Labute approximate surface area is 243 Å². The zero-order chi connectivity index (χ0) is 29.2. The normalized spacial score (nSPS) is 12.5. The summed E-state index contributed by atoms with van der Waals surface area (Å²) in [6.07, 6.45) is 9.24. The number of unbranched alkanes of at least 4 members (excludes halogenated alkanes) is 4. The minimum absolute atomic E-state index is 0.0759. The first-order valence-electron chi connectivity index (χ1n) is 15.2. The molecule has 0 bridgehead atoms. The number of phenols is 1. The summed E-state index contributed by atoms with van der Waals surface area (Å²) in [7, 11) is 0. The number of nitrogens with zero attached hydrogens (tertiary/aromatic N) is 4. The number of aromatic amines is 2. The van der Waals surface area contributed by atoms with Gasteiger partial charge in [-0.1, -0.05) is 103 Å². The number of hydrogen-bond donors (Lipinski definition) is 3. The summed E-state index contributed by atoms with van der Waals surface area (Å²) in [5.74, 6) is 0.246. The van der Waals surface area contributed by atoms with E-state index < -0.39 is 0 Å². The van der Waals surface area contributed by atoms with E-state index in [0.29, 0.717) is 0 Å². The molecule has 0 unspecified atom stereocenters. The topological polar surface area (TPSA) is 103 Å². The van der Waals surface area contributed by atoms with Crippen LogP contribution in [0.5, 0.6) is 5.75 Å². The second-order valence-electron chi connectivity index (χ2n) is 12.8. The van der Waals surface area contributed by atoms with Crippen molar-refractivity contribution in [1.29, 1.82) is 0 Å². The van der Waals surface area contributed by atoms with Crippen molar-refractivity contribution in [2.45, 2.75) is 104 Å². The third kappa shape index (κ3) is 5.72. The number of hydrogen-bond acceptors (Lipinski definition) is 5. The maximum absolute atomic E-state index is 11.4. The van der Waals surface area contributed by atoms with Crippen molar-refractivity contribution in [2.75, 3.05) is 0 Å². The molecule has 3 aromatic carbocycles. The highest BCUT2D eigenvalue weighted by atomic mass is 16.3. The Morgan fingerprint density at radius 1 is 0.683 bits per heavy atom. The predicted octanol–water partition coefficient (Wildman–Crippen LogP) is 8.98. The fourth-order valence-corrected chi connectivity index (χ4v) is 6.23. The monoisotopic (exact) mass is 552 g/mol. The highest BCUT2D eigenvalue weighted by Crippen LogP contribution is 2.44. The number of phenolic OH excluding ortho intramolecular Hbond substituents is 1. The highest BCUT2D eigenvalue weighted by Gasteiger charge is 2.28. The van der Waals surface area contributed by atoms with Crippen molar-refractivity contribution in [3.8, 4) is 28.0 Å². The molecule has 3 N–H and O–H groups in total. The van der Waals surface area contributed by atoms with Crippen LogP contribution in [0.4, 0.5) is 0 Å². The van der Waals surface area contributed by atoms with E-state index in [0.717, 1.165) is 69.1 Å². The lowest BCUT2D eigenvalue weighted by Crippen LogP contribution is -2.18. The molecular formula is C34H44N6O. The largest absolute Gasteiger partial charge is 0.507 e. The van der Waals surface area contributed by atoms with Gasteiger partial charge in [0.05, 0.1) is 11.0 Å². The van der Waals surface area contributed by atoms with E-state index >= 15 is 0 Å². The van der Waals surface area contributed by atoms with Crippen molar-refractivity contribution < 1.29 is 5.11 Å². The summed E-state index contributed by atoms with van der Waals surface area (Å²) in [5.41, 5.74) is 9.49. The van der Waals surface area contributed by atoms with Crippen LogP contribution in [0.3, 0.4) is 0 Å². The Kier molecular flexibility index (Phi) is 8.16. The van der Waals surface area contributed by atoms with Gasteiger partial charge < -0.3 is 5.11 Å². The summed E-state index contributed by atoms with van der Waals surface area (Å²) < 4.78 is 0. The number of nitrogens with one attached hydrogen (secondary N) is 2. The van der Waals surface area contributed by atoms with Crippen molar-refractivity contribution in [2.24, 2.45) is 0 Å². The minimum atomic E-state index is -0.0962. The number of benzene rings is 3. The summed E-state index contributed by atoms with van der Waals surface area (Å²) in [5, 5.41) is 34.8. The van der Waals surface area contributed by atoms with Gasteiger partial charge in [-0.15, -0.1) is 10.2 Å². The average molecular weight is 553 g/mol. The average Bonchev–Trinajstić information content (AvgIpc) is 3.61. The van der Waals surface area contributed by atoms with Crippen molar-refractivity contribution in [3.05, 3.63) is 53.6 Å². The molecule has 0 radical (unpaired) electrons. The van der Waals surface area contributed by atoms with Gasteiger partial charge in [0.25, 0.3) is 0 Å². The first-order chi connectivity index (χ1) is 19.7. The Morgan fingerprint density at radius 3 is 1.73 bits per heavy atom. The van der Waals surface area contributed by atoms with Crippen LogP contribution in [0, 0.1) is 0 Å². The zero-order valence-electron chi connectivity index (χ0n) is 25.4. The van der Waals surface area contributed by atoms with E-state index in [2.05, 4.69) is 103 Å². The number of H-pyrrole nitrogens is 2. The van der Waals surface area contributed by atoms with E-state index in [-0.39, 0.29) is 16.6 Å². The second kappa shape index (κ2) is 11.6. The van der Waals surface area contributed by atoms with Crippen LogP contribution in [0.25, 0.3) is 44.3 Å². The van der Waals surface area contributed by atoms with Crippen molar-refractivity contribution in [3.63, 3.8) is 0 Å². The van der Waals surface area contributed by atoms with Gasteiger partial charge in [-0.05, 0) is 81.8 Å². The van der Waals surface area contributed by atoms with E-state index in [1.807, 2.05) is 6.07 Å². The molecule has 0 aliphatic rings. The molecule has 7 nitrogen and oxygen atoms in total. The maximum atomic E-state index is 11.4. The van der Waals surface area contributed by atoms with Crippen LogP contribution in [-0.2, 0) is 10.8 Å². The fraction of sp³-hybridized carbons (Fsp3) is 0.471. The van der Waals surface area contributed by atoms with Crippen LogP contribution >= 0.6 is 0 Å². The number of aromatic nitrogens is 6. The van der Waals surface area contributed by atoms with Crippen LogP contribution in [0.2, 0.25) is 0 Å². The predicted molar refractivity (Wildman–Crippen MR) is 168 cm³/mol. The lowest BCUT2D eigenvalue weighted by atomic mass is 9.77. The van der Waals surface area contributed by atoms with Crippen LogP contribution in [0.1, 0.15) is 104 Å². The molecule has 0 fully saturated rings. The molecule has 216 valence electrons. The fourth-order valence-electron chi connectivity index (χ4n) is 6.23. The molecule has 0 saturated heterocycles. The van der Waals surface area contributed by atoms with Gasteiger partial charge in [0, 0.05) is 5.56 Å². The molecule has 0 amide bonds. The van der Waals surface area contributed by atoms with Gasteiger partial charge in [0.1, 0.15) is 16.8 Å². The molecule has 0 saturated carbocycles. The van der Waals surface area contributed by atoms with Gasteiger partial charge in [-0.2, -0.15) is 0 Å². The van der Waals surface area contributed by atoms with Crippen LogP contribution in [-0.4, -0.2) is 35.9 Å². The first kappa shape index (κ1) is 28.8. The van der Waals surface area contributed by atoms with Gasteiger partial charge in [0.15, 0.2) is 0 Å². The van der Waals surface area contributed by atoms with Gasteiger partial charge in [-0.25, -0.2) is 0 Å². The van der Waals surface area contributed by atoms with E-state index in [1.54, 1.807) is 6.07 Å². The molecule has 5 aromatic rings. The van der Waals surface area contributed by atoms with Crippen molar-refractivity contribution in [1.82, 2.24) is 30.8 Å². The lowest BCUT2D eigenvalue weighted by molar-refractivity contribution is 0.452. The first-order valence-corrected chi connectivity index (χ1v) is 15.2. The molecule has 0 aliphatic heterocycles. The Balaban J connectivity index is 1.67. The molecule has 41 heavy (non-hydrogen) atoms.